The molecule has 0 saturated heterocycles. The van der Waals surface area contributed by atoms with Crippen LogP contribution in [0.4, 0.5) is 5.69 Å². The summed E-state index contributed by atoms with van der Waals surface area (Å²) < 4.78 is 0. The van der Waals surface area contributed by atoms with Crippen LogP contribution in [0.5, 0.6) is 0 Å². The lowest BCUT2D eigenvalue weighted by atomic mass is 9.56. The Bertz CT molecular complexity index is 871. The molecule has 2 heteroatoms. The van der Waals surface area contributed by atoms with Crippen molar-refractivity contribution in [1.29, 1.82) is 0 Å². The Hall–Kier alpha value is -2.09. The highest BCUT2D eigenvalue weighted by Gasteiger charge is 2.74. The summed E-state index contributed by atoms with van der Waals surface area (Å²) in [6.45, 7) is 5.31. The average Bonchev–Trinajstić information content (AvgIpc) is 3.01. The highest BCUT2D eigenvalue weighted by molar-refractivity contribution is 5.95. The van der Waals surface area contributed by atoms with Gasteiger partial charge in [0.25, 0.3) is 0 Å². The molecule has 5 rings (SSSR count). The smallest absolute Gasteiger partial charge is 0.141 e. The number of benzene rings is 2. The number of carbonyl (C=O) groups is 1. The van der Waals surface area contributed by atoms with E-state index in [4.69, 9.17) is 0 Å². The van der Waals surface area contributed by atoms with E-state index < -0.39 is 0 Å². The van der Waals surface area contributed by atoms with Crippen LogP contribution >= 0.6 is 0 Å². The molecule has 0 radical (unpaired) electrons. The van der Waals surface area contributed by atoms with Gasteiger partial charge in [0.1, 0.15) is 5.78 Å². The number of ketones is 1. The molecule has 2 atom stereocenters. The van der Waals surface area contributed by atoms with Crippen molar-refractivity contribution >= 4 is 11.5 Å². The van der Waals surface area contributed by atoms with Crippen LogP contribution in [0.25, 0.3) is 0 Å². The molecule has 2 aromatic rings. The van der Waals surface area contributed by atoms with Crippen LogP contribution in [0.3, 0.4) is 0 Å². The van der Waals surface area contributed by atoms with E-state index in [1.54, 1.807) is 0 Å². The van der Waals surface area contributed by atoms with Gasteiger partial charge in [-0.3, -0.25) is 4.79 Å². The zero-order chi connectivity index (χ0) is 18.0. The second kappa shape index (κ2) is 5.22. The number of para-hydroxylation sites is 1. The summed E-state index contributed by atoms with van der Waals surface area (Å²) in [5.41, 5.74) is 3.70. The topological polar surface area (TPSA) is 20.3 Å². The van der Waals surface area contributed by atoms with E-state index >= 15 is 0 Å². The first kappa shape index (κ1) is 16.1. The second-order valence-corrected chi connectivity index (χ2v) is 8.96. The molecule has 0 amide bonds. The van der Waals surface area contributed by atoms with Gasteiger partial charge in [0.05, 0.1) is 5.54 Å². The number of Topliss-reactive ketones (excluding diaryl/α,β-unsaturated/α-hetero) is 1. The normalized spacial score (nSPS) is 31.5. The molecular formula is C24H27NO. The van der Waals surface area contributed by atoms with Crippen LogP contribution in [0, 0.1) is 5.41 Å². The molecule has 2 aromatic carbocycles. The molecule has 3 aliphatic rings. The molecule has 0 spiro atoms. The Morgan fingerprint density at radius 2 is 1.62 bits per heavy atom. The first-order valence-electron chi connectivity index (χ1n) is 9.97. The maximum absolute atomic E-state index is 13.2. The molecule has 2 fully saturated rings. The van der Waals surface area contributed by atoms with Gasteiger partial charge in [-0.05, 0) is 30.0 Å². The Morgan fingerprint density at radius 3 is 2.42 bits per heavy atom. The fourth-order valence-corrected chi connectivity index (χ4v) is 6.61. The molecule has 2 nitrogen and oxygen atoms in total. The van der Waals surface area contributed by atoms with E-state index in [9.17, 15) is 4.79 Å². The summed E-state index contributed by atoms with van der Waals surface area (Å²) in [5.74, 6) is 0.451. The summed E-state index contributed by atoms with van der Waals surface area (Å²) in [5, 5.41) is 0. The van der Waals surface area contributed by atoms with Crippen molar-refractivity contribution in [2.75, 3.05) is 4.90 Å². The van der Waals surface area contributed by atoms with Gasteiger partial charge in [0.15, 0.2) is 0 Å². The highest BCUT2D eigenvalue weighted by atomic mass is 16.1. The lowest BCUT2D eigenvalue weighted by molar-refractivity contribution is -0.126. The molecule has 0 N–H and O–H groups in total. The van der Waals surface area contributed by atoms with Gasteiger partial charge in [0.2, 0.25) is 0 Å². The van der Waals surface area contributed by atoms with Crippen molar-refractivity contribution in [3.8, 4) is 0 Å². The largest absolute Gasteiger partial charge is 0.359 e. The minimum Gasteiger partial charge on any atom is -0.359 e. The maximum atomic E-state index is 13.2. The van der Waals surface area contributed by atoms with Gasteiger partial charge in [-0.2, -0.15) is 0 Å². The van der Waals surface area contributed by atoms with Gasteiger partial charge in [-0.15, -0.1) is 0 Å². The van der Waals surface area contributed by atoms with Gasteiger partial charge >= 0.3 is 0 Å². The maximum Gasteiger partial charge on any atom is 0.141 e. The summed E-state index contributed by atoms with van der Waals surface area (Å²) in [7, 11) is 0. The highest BCUT2D eigenvalue weighted by Crippen LogP contribution is 2.70. The van der Waals surface area contributed by atoms with E-state index in [2.05, 4.69) is 73.3 Å². The van der Waals surface area contributed by atoms with E-state index in [1.165, 1.54) is 29.7 Å². The Kier molecular flexibility index (Phi) is 3.23. The number of anilines is 1. The first-order chi connectivity index (χ1) is 12.5. The van der Waals surface area contributed by atoms with Crippen molar-refractivity contribution in [3.05, 3.63) is 65.7 Å². The molecule has 134 valence electrons. The summed E-state index contributed by atoms with van der Waals surface area (Å²) >= 11 is 0. The molecule has 26 heavy (non-hydrogen) atoms. The molecule has 0 aromatic heterocycles. The fourth-order valence-electron chi connectivity index (χ4n) is 6.61. The van der Waals surface area contributed by atoms with E-state index in [-0.39, 0.29) is 16.4 Å². The molecule has 2 aliphatic carbocycles. The van der Waals surface area contributed by atoms with Crippen molar-refractivity contribution in [2.45, 2.75) is 63.5 Å². The third kappa shape index (κ3) is 1.71. The van der Waals surface area contributed by atoms with Crippen molar-refractivity contribution in [1.82, 2.24) is 0 Å². The molecule has 0 bridgehead atoms. The quantitative estimate of drug-likeness (QED) is 0.740. The molecule has 1 aliphatic heterocycles. The van der Waals surface area contributed by atoms with Crippen molar-refractivity contribution in [2.24, 2.45) is 5.41 Å². The third-order valence-corrected chi connectivity index (χ3v) is 7.73. The average molecular weight is 345 g/mol. The van der Waals surface area contributed by atoms with E-state index in [0.717, 1.165) is 19.4 Å². The Balaban J connectivity index is 1.76. The van der Waals surface area contributed by atoms with E-state index in [1.807, 2.05) is 0 Å². The van der Waals surface area contributed by atoms with Gasteiger partial charge in [-0.1, -0.05) is 75.2 Å². The lowest BCUT2D eigenvalue weighted by Crippen LogP contribution is -2.63. The Morgan fingerprint density at radius 1 is 0.923 bits per heavy atom. The second-order valence-electron chi connectivity index (χ2n) is 8.96. The summed E-state index contributed by atoms with van der Waals surface area (Å²) in [6, 6.07) is 19.6. The monoisotopic (exact) mass is 345 g/mol. The standard InChI is InChI=1S/C24H27NO/c1-22(2)21(26)16-23-14-8-9-15-24(22,23)25(17-18-10-4-3-5-11-18)20-13-7-6-12-19(20)23/h3-7,10-13H,8-9,14-17H2,1-2H3. The number of carbonyl (C=O) groups excluding carboxylic acids is 1. The van der Waals surface area contributed by atoms with Gasteiger partial charge in [0, 0.05) is 29.5 Å². The SMILES string of the molecule is CC1(C)C(=O)CC23CCCCC12N(Cc1ccccc1)c1ccccc13. The van der Waals surface area contributed by atoms with E-state index in [0.29, 0.717) is 12.2 Å². The lowest BCUT2D eigenvalue weighted by Gasteiger charge is -2.55. The number of rotatable bonds is 2. The molecular weight excluding hydrogens is 318 g/mol. The van der Waals surface area contributed by atoms with Crippen LogP contribution in [0.1, 0.15) is 57.1 Å². The van der Waals surface area contributed by atoms with Gasteiger partial charge in [-0.25, -0.2) is 0 Å². The molecule has 2 saturated carbocycles. The van der Waals surface area contributed by atoms with Crippen LogP contribution in [-0.2, 0) is 16.8 Å². The zero-order valence-corrected chi connectivity index (χ0v) is 15.8. The zero-order valence-electron chi connectivity index (χ0n) is 15.8. The summed E-state index contributed by atoms with van der Waals surface area (Å²) in [4.78, 5) is 15.9. The van der Waals surface area contributed by atoms with Crippen LogP contribution in [0.15, 0.2) is 54.6 Å². The minimum atomic E-state index is -0.318. The van der Waals surface area contributed by atoms with Crippen LogP contribution < -0.4 is 4.90 Å². The first-order valence-corrected chi connectivity index (χ1v) is 9.97. The Labute approximate surface area is 156 Å². The van der Waals surface area contributed by atoms with Crippen LogP contribution in [0.2, 0.25) is 0 Å². The molecule has 1 heterocycles. The number of nitrogens with zero attached hydrogens (tertiary/aromatic N) is 1. The predicted molar refractivity (Wildman–Crippen MR) is 105 cm³/mol. The van der Waals surface area contributed by atoms with Crippen molar-refractivity contribution < 1.29 is 4.79 Å². The number of hydrogen-bond acceptors (Lipinski definition) is 2. The predicted octanol–water partition coefficient (Wildman–Crippen LogP) is 5.26. The fraction of sp³-hybridized carbons (Fsp3) is 0.458. The number of hydrogen-bond donors (Lipinski definition) is 0. The number of fused-ring (bicyclic) bond motifs is 1. The minimum absolute atomic E-state index is 0.00277. The molecule has 2 unspecified atom stereocenters. The third-order valence-electron chi connectivity index (χ3n) is 7.73. The van der Waals surface area contributed by atoms with Gasteiger partial charge < -0.3 is 4.90 Å². The van der Waals surface area contributed by atoms with Crippen LogP contribution in [-0.4, -0.2) is 11.3 Å². The van der Waals surface area contributed by atoms with Crippen molar-refractivity contribution in [3.63, 3.8) is 0 Å². The summed E-state index contributed by atoms with van der Waals surface area (Å²) in [6.07, 6.45) is 5.43.